The summed E-state index contributed by atoms with van der Waals surface area (Å²) in [5.74, 6) is -3.71. The number of ketones is 4. The largest absolute Gasteiger partial charge is 0.290 e. The number of rotatable bonds is 0. The van der Waals surface area contributed by atoms with Crippen LogP contribution in [0.4, 0.5) is 0 Å². The molecule has 1 fully saturated rings. The molecular formula is C9H10O4. The first kappa shape index (κ1) is 9.77. The van der Waals surface area contributed by atoms with Crippen LogP contribution in [-0.4, -0.2) is 23.1 Å². The molecule has 0 aromatic carbocycles. The van der Waals surface area contributed by atoms with Crippen molar-refractivity contribution in [2.45, 2.75) is 32.1 Å². The Balaban J connectivity index is 2.80. The van der Waals surface area contributed by atoms with Crippen LogP contribution < -0.4 is 0 Å². The van der Waals surface area contributed by atoms with E-state index in [0.717, 1.165) is 6.42 Å². The average Bonchev–Trinajstić information content (AvgIpc) is 2.16. The van der Waals surface area contributed by atoms with E-state index in [0.29, 0.717) is 12.8 Å². The van der Waals surface area contributed by atoms with Crippen molar-refractivity contribution in [3.05, 3.63) is 0 Å². The lowest BCUT2D eigenvalue weighted by Gasteiger charge is -1.93. The summed E-state index contributed by atoms with van der Waals surface area (Å²) >= 11 is 0. The molecule has 1 aliphatic rings. The smallest absolute Gasteiger partial charge is 0.272 e. The van der Waals surface area contributed by atoms with Gasteiger partial charge in [0.15, 0.2) is 0 Å². The van der Waals surface area contributed by atoms with Crippen molar-refractivity contribution in [1.29, 1.82) is 0 Å². The van der Waals surface area contributed by atoms with Gasteiger partial charge in [-0.05, 0) is 12.8 Å². The molecule has 0 aliphatic heterocycles. The van der Waals surface area contributed by atoms with Crippen molar-refractivity contribution < 1.29 is 19.2 Å². The summed E-state index contributed by atoms with van der Waals surface area (Å²) in [5.41, 5.74) is 0. The Hall–Kier alpha value is -1.32. The zero-order chi connectivity index (χ0) is 9.84. The quantitative estimate of drug-likeness (QED) is 0.503. The topological polar surface area (TPSA) is 68.3 Å². The first-order chi connectivity index (χ1) is 6.13. The van der Waals surface area contributed by atoms with Crippen LogP contribution in [0.3, 0.4) is 0 Å². The van der Waals surface area contributed by atoms with E-state index in [9.17, 15) is 19.2 Å². The molecule has 0 atom stereocenters. The molecule has 1 rings (SSSR count). The lowest BCUT2D eigenvalue weighted by atomic mass is 10.1. The monoisotopic (exact) mass is 182 g/mol. The zero-order valence-corrected chi connectivity index (χ0v) is 7.17. The van der Waals surface area contributed by atoms with E-state index in [4.69, 9.17) is 0 Å². The van der Waals surface area contributed by atoms with Gasteiger partial charge in [-0.2, -0.15) is 0 Å². The van der Waals surface area contributed by atoms with Gasteiger partial charge in [0.05, 0.1) is 0 Å². The van der Waals surface area contributed by atoms with Crippen LogP contribution >= 0.6 is 0 Å². The summed E-state index contributed by atoms with van der Waals surface area (Å²) in [6.07, 6.45) is 2.09. The summed E-state index contributed by atoms with van der Waals surface area (Å²) in [7, 11) is 0. The highest BCUT2D eigenvalue weighted by Gasteiger charge is 2.28. The molecule has 0 N–H and O–H groups in total. The third-order valence-corrected chi connectivity index (χ3v) is 2.02. The van der Waals surface area contributed by atoms with Crippen molar-refractivity contribution in [2.24, 2.45) is 0 Å². The molecule has 13 heavy (non-hydrogen) atoms. The van der Waals surface area contributed by atoms with Crippen molar-refractivity contribution in [3.8, 4) is 0 Å². The fourth-order valence-electron chi connectivity index (χ4n) is 1.23. The number of carbonyl (C=O) groups excluding carboxylic acids is 4. The van der Waals surface area contributed by atoms with Gasteiger partial charge < -0.3 is 0 Å². The molecular weight excluding hydrogens is 172 g/mol. The second-order valence-electron chi connectivity index (χ2n) is 3.07. The van der Waals surface area contributed by atoms with E-state index in [1.54, 1.807) is 0 Å². The first-order valence-electron chi connectivity index (χ1n) is 4.27. The standard InChI is InChI=1S/C9H10O4/c10-6-4-2-1-3-5-7(11)9(13)8(6)12/h1-5H2. The Morgan fingerprint density at radius 3 is 1.38 bits per heavy atom. The summed E-state index contributed by atoms with van der Waals surface area (Å²) in [4.78, 5) is 43.8. The van der Waals surface area contributed by atoms with Crippen LogP contribution in [-0.2, 0) is 19.2 Å². The van der Waals surface area contributed by atoms with Gasteiger partial charge in [0.25, 0.3) is 11.6 Å². The Morgan fingerprint density at radius 2 is 1.00 bits per heavy atom. The van der Waals surface area contributed by atoms with Crippen molar-refractivity contribution in [2.75, 3.05) is 0 Å². The second kappa shape index (κ2) is 4.07. The van der Waals surface area contributed by atoms with E-state index < -0.39 is 23.1 Å². The fourth-order valence-corrected chi connectivity index (χ4v) is 1.23. The normalized spacial score (nSPS) is 20.9. The van der Waals surface area contributed by atoms with Crippen molar-refractivity contribution in [3.63, 3.8) is 0 Å². The van der Waals surface area contributed by atoms with E-state index in [1.165, 1.54) is 0 Å². The minimum atomic E-state index is -1.13. The minimum absolute atomic E-state index is 0.0951. The van der Waals surface area contributed by atoms with Crippen LogP contribution in [0.15, 0.2) is 0 Å². The maximum absolute atomic E-state index is 11.0. The predicted molar refractivity (Wildman–Crippen MR) is 43.1 cm³/mol. The lowest BCUT2D eigenvalue weighted by Crippen LogP contribution is -2.29. The van der Waals surface area contributed by atoms with E-state index >= 15 is 0 Å². The molecule has 1 saturated carbocycles. The molecule has 4 heteroatoms. The maximum atomic E-state index is 11.0. The van der Waals surface area contributed by atoms with Crippen LogP contribution in [0.5, 0.6) is 0 Å². The van der Waals surface area contributed by atoms with E-state index in [1.807, 2.05) is 0 Å². The summed E-state index contributed by atoms with van der Waals surface area (Å²) in [6.45, 7) is 0. The summed E-state index contributed by atoms with van der Waals surface area (Å²) < 4.78 is 0. The highest BCUT2D eigenvalue weighted by Crippen LogP contribution is 2.08. The molecule has 0 spiro atoms. The molecule has 0 aromatic heterocycles. The van der Waals surface area contributed by atoms with Gasteiger partial charge >= 0.3 is 0 Å². The minimum Gasteiger partial charge on any atom is -0.290 e. The van der Waals surface area contributed by atoms with Crippen molar-refractivity contribution in [1.82, 2.24) is 0 Å². The van der Waals surface area contributed by atoms with Gasteiger partial charge in [0.2, 0.25) is 11.6 Å². The molecule has 0 unspecified atom stereocenters. The Labute approximate surface area is 75.3 Å². The van der Waals surface area contributed by atoms with Crippen LogP contribution in [0.25, 0.3) is 0 Å². The number of hydrogen-bond donors (Lipinski definition) is 0. The van der Waals surface area contributed by atoms with Gasteiger partial charge in [-0.1, -0.05) is 6.42 Å². The maximum Gasteiger partial charge on any atom is 0.272 e. The fraction of sp³-hybridized carbons (Fsp3) is 0.556. The molecule has 70 valence electrons. The third kappa shape index (κ3) is 2.31. The lowest BCUT2D eigenvalue weighted by molar-refractivity contribution is -0.148. The number of carbonyl (C=O) groups is 4. The molecule has 0 amide bonds. The Kier molecular flexibility index (Phi) is 3.06. The SMILES string of the molecule is O=C1CCCCCC(=O)C(=O)C1=O. The zero-order valence-electron chi connectivity index (χ0n) is 7.17. The highest BCUT2D eigenvalue weighted by atomic mass is 16.2. The van der Waals surface area contributed by atoms with Gasteiger partial charge in [0, 0.05) is 12.8 Å². The van der Waals surface area contributed by atoms with Gasteiger partial charge in [-0.15, -0.1) is 0 Å². The molecule has 4 nitrogen and oxygen atoms in total. The first-order valence-corrected chi connectivity index (χ1v) is 4.27. The van der Waals surface area contributed by atoms with E-state index in [-0.39, 0.29) is 12.8 Å². The molecule has 0 saturated heterocycles. The molecule has 0 bridgehead atoms. The van der Waals surface area contributed by atoms with Crippen LogP contribution in [0.1, 0.15) is 32.1 Å². The molecule has 0 aromatic rings. The second-order valence-corrected chi connectivity index (χ2v) is 3.07. The van der Waals surface area contributed by atoms with Gasteiger partial charge in [-0.25, -0.2) is 0 Å². The van der Waals surface area contributed by atoms with Crippen LogP contribution in [0, 0.1) is 0 Å². The predicted octanol–water partition coefficient (Wildman–Crippen LogP) is 0.227. The molecule has 0 radical (unpaired) electrons. The van der Waals surface area contributed by atoms with Gasteiger partial charge in [0.1, 0.15) is 0 Å². The van der Waals surface area contributed by atoms with Gasteiger partial charge in [-0.3, -0.25) is 19.2 Å². The molecule has 0 heterocycles. The Morgan fingerprint density at radius 1 is 0.615 bits per heavy atom. The molecule has 1 aliphatic carbocycles. The number of hydrogen-bond acceptors (Lipinski definition) is 4. The summed E-state index contributed by atoms with van der Waals surface area (Å²) in [5, 5.41) is 0. The highest BCUT2D eigenvalue weighted by molar-refractivity contribution is 6.78. The number of Topliss-reactive ketones (excluding diaryl/α,β-unsaturated/α-hetero) is 4. The summed E-state index contributed by atoms with van der Waals surface area (Å²) in [6, 6.07) is 0. The Bertz CT molecular complexity index is 249. The van der Waals surface area contributed by atoms with E-state index in [2.05, 4.69) is 0 Å². The average molecular weight is 182 g/mol. The van der Waals surface area contributed by atoms with Crippen molar-refractivity contribution >= 4 is 23.1 Å². The van der Waals surface area contributed by atoms with Crippen LogP contribution in [0.2, 0.25) is 0 Å². The third-order valence-electron chi connectivity index (χ3n) is 2.02.